The Balaban J connectivity index is 1.58. The lowest BCUT2D eigenvalue weighted by atomic mass is 10.1. The fourth-order valence-corrected chi connectivity index (χ4v) is 2.93. The standard InChI is InChI=1S/C16H19ClN4O/c1-22-14-5-3-2-4-13(14)21-7-6-12(11-21)8-19-16-10-18-9-15(17)20-16/h2-5,9-10,12H,6-8,11H2,1H3,(H,19,20)/t12-/m1/s1. The van der Waals surface area contributed by atoms with Crippen LogP contribution in [0.1, 0.15) is 6.42 Å². The van der Waals surface area contributed by atoms with Crippen LogP contribution in [0.25, 0.3) is 0 Å². The van der Waals surface area contributed by atoms with E-state index in [2.05, 4.69) is 26.3 Å². The molecule has 0 bridgehead atoms. The Morgan fingerprint density at radius 3 is 3.05 bits per heavy atom. The molecule has 0 saturated carbocycles. The third-order valence-electron chi connectivity index (χ3n) is 3.89. The molecule has 6 heteroatoms. The monoisotopic (exact) mass is 318 g/mol. The quantitative estimate of drug-likeness (QED) is 0.918. The molecule has 1 aromatic carbocycles. The van der Waals surface area contributed by atoms with Crippen molar-refractivity contribution in [3.63, 3.8) is 0 Å². The van der Waals surface area contributed by atoms with Crippen LogP contribution in [0.3, 0.4) is 0 Å². The summed E-state index contributed by atoms with van der Waals surface area (Å²) < 4.78 is 5.45. The summed E-state index contributed by atoms with van der Waals surface area (Å²) in [6, 6.07) is 8.15. The molecule has 2 aromatic rings. The van der Waals surface area contributed by atoms with Gasteiger partial charge in [-0.2, -0.15) is 0 Å². The van der Waals surface area contributed by atoms with Crippen LogP contribution in [-0.2, 0) is 0 Å². The molecule has 0 amide bonds. The fourth-order valence-electron chi connectivity index (χ4n) is 2.79. The minimum absolute atomic E-state index is 0.409. The first-order chi connectivity index (χ1) is 10.8. The molecular weight excluding hydrogens is 300 g/mol. The summed E-state index contributed by atoms with van der Waals surface area (Å²) in [5.74, 6) is 2.21. The summed E-state index contributed by atoms with van der Waals surface area (Å²) in [6.07, 6.45) is 4.36. The fraction of sp³-hybridized carbons (Fsp3) is 0.375. The number of para-hydroxylation sites is 2. The molecule has 1 saturated heterocycles. The summed E-state index contributed by atoms with van der Waals surface area (Å²) >= 11 is 5.84. The predicted molar refractivity (Wildman–Crippen MR) is 88.8 cm³/mol. The summed E-state index contributed by atoms with van der Waals surface area (Å²) in [7, 11) is 1.71. The average molecular weight is 319 g/mol. The Bertz CT molecular complexity index is 637. The Kier molecular flexibility index (Phi) is 4.63. The van der Waals surface area contributed by atoms with Crippen molar-refractivity contribution in [2.45, 2.75) is 6.42 Å². The summed E-state index contributed by atoms with van der Waals surface area (Å²) in [6.45, 7) is 2.90. The molecule has 22 heavy (non-hydrogen) atoms. The minimum atomic E-state index is 0.409. The summed E-state index contributed by atoms with van der Waals surface area (Å²) in [4.78, 5) is 10.6. The van der Waals surface area contributed by atoms with Crippen LogP contribution in [-0.4, -0.2) is 36.7 Å². The van der Waals surface area contributed by atoms with Crippen LogP contribution < -0.4 is 15.0 Å². The number of rotatable bonds is 5. The topological polar surface area (TPSA) is 50.3 Å². The number of nitrogens with zero attached hydrogens (tertiary/aromatic N) is 3. The van der Waals surface area contributed by atoms with E-state index in [1.54, 1.807) is 13.3 Å². The van der Waals surface area contributed by atoms with Crippen molar-refractivity contribution in [1.82, 2.24) is 9.97 Å². The molecule has 1 aromatic heterocycles. The molecule has 3 rings (SSSR count). The van der Waals surface area contributed by atoms with Gasteiger partial charge in [0.2, 0.25) is 0 Å². The smallest absolute Gasteiger partial charge is 0.149 e. The number of halogens is 1. The molecule has 1 N–H and O–H groups in total. The number of ether oxygens (including phenoxy) is 1. The van der Waals surface area contributed by atoms with Crippen LogP contribution in [0.2, 0.25) is 5.15 Å². The van der Waals surface area contributed by atoms with E-state index in [1.807, 2.05) is 18.2 Å². The van der Waals surface area contributed by atoms with E-state index in [9.17, 15) is 0 Å². The number of nitrogens with one attached hydrogen (secondary N) is 1. The highest BCUT2D eigenvalue weighted by Crippen LogP contribution is 2.31. The minimum Gasteiger partial charge on any atom is -0.495 e. The number of methoxy groups -OCH3 is 1. The molecule has 2 heterocycles. The van der Waals surface area contributed by atoms with E-state index in [4.69, 9.17) is 16.3 Å². The lowest BCUT2D eigenvalue weighted by molar-refractivity contribution is 0.414. The van der Waals surface area contributed by atoms with E-state index in [0.717, 1.165) is 43.3 Å². The molecule has 5 nitrogen and oxygen atoms in total. The van der Waals surface area contributed by atoms with Gasteiger partial charge in [0.1, 0.15) is 16.7 Å². The molecule has 0 radical (unpaired) electrons. The lowest BCUT2D eigenvalue weighted by Gasteiger charge is -2.21. The Hall–Kier alpha value is -2.01. The SMILES string of the molecule is COc1ccccc1N1CC[C@H](CNc2cncc(Cl)n2)C1. The molecule has 1 aliphatic heterocycles. The van der Waals surface area contributed by atoms with Crippen LogP contribution >= 0.6 is 11.6 Å². The Morgan fingerprint density at radius 1 is 1.36 bits per heavy atom. The third-order valence-corrected chi connectivity index (χ3v) is 4.07. The van der Waals surface area contributed by atoms with Crippen LogP contribution in [0.4, 0.5) is 11.5 Å². The Morgan fingerprint density at radius 2 is 2.23 bits per heavy atom. The normalized spacial score (nSPS) is 17.5. The summed E-state index contributed by atoms with van der Waals surface area (Å²) in [5, 5.41) is 3.72. The molecule has 1 atom stereocenters. The highest BCUT2D eigenvalue weighted by atomic mass is 35.5. The predicted octanol–water partition coefficient (Wildman–Crippen LogP) is 3.08. The number of benzene rings is 1. The van der Waals surface area contributed by atoms with Crippen molar-refractivity contribution < 1.29 is 4.74 Å². The zero-order chi connectivity index (χ0) is 15.4. The number of anilines is 2. The molecular formula is C16H19ClN4O. The largest absolute Gasteiger partial charge is 0.495 e. The number of hydrogen-bond donors (Lipinski definition) is 1. The second kappa shape index (κ2) is 6.83. The second-order valence-electron chi connectivity index (χ2n) is 5.38. The van der Waals surface area contributed by atoms with Crippen molar-refractivity contribution in [2.75, 3.05) is 37.0 Å². The van der Waals surface area contributed by atoms with Gasteiger partial charge in [-0.05, 0) is 24.5 Å². The average Bonchev–Trinajstić information content (AvgIpc) is 3.02. The van der Waals surface area contributed by atoms with Crippen molar-refractivity contribution in [1.29, 1.82) is 0 Å². The maximum atomic E-state index is 5.84. The van der Waals surface area contributed by atoms with Crippen molar-refractivity contribution in [3.05, 3.63) is 41.8 Å². The maximum absolute atomic E-state index is 5.84. The van der Waals surface area contributed by atoms with Crippen molar-refractivity contribution in [2.24, 2.45) is 5.92 Å². The van der Waals surface area contributed by atoms with Gasteiger partial charge < -0.3 is 15.0 Å². The molecule has 0 unspecified atom stereocenters. The molecule has 1 aliphatic rings. The van der Waals surface area contributed by atoms with E-state index in [-0.39, 0.29) is 0 Å². The van der Waals surface area contributed by atoms with Gasteiger partial charge >= 0.3 is 0 Å². The maximum Gasteiger partial charge on any atom is 0.149 e. The first-order valence-corrected chi connectivity index (χ1v) is 7.73. The van der Waals surface area contributed by atoms with Gasteiger partial charge in [-0.3, -0.25) is 4.98 Å². The zero-order valence-corrected chi connectivity index (χ0v) is 13.3. The van der Waals surface area contributed by atoms with E-state index in [1.165, 1.54) is 6.20 Å². The van der Waals surface area contributed by atoms with Gasteiger partial charge in [-0.1, -0.05) is 23.7 Å². The van der Waals surface area contributed by atoms with Gasteiger partial charge in [-0.15, -0.1) is 0 Å². The first-order valence-electron chi connectivity index (χ1n) is 7.35. The molecule has 0 spiro atoms. The molecule has 1 fully saturated rings. The van der Waals surface area contributed by atoms with Gasteiger partial charge in [0.15, 0.2) is 0 Å². The van der Waals surface area contributed by atoms with Crippen molar-refractivity contribution in [3.8, 4) is 5.75 Å². The van der Waals surface area contributed by atoms with Gasteiger partial charge in [-0.25, -0.2) is 4.98 Å². The Labute approximate surface area is 135 Å². The zero-order valence-electron chi connectivity index (χ0n) is 12.5. The number of hydrogen-bond acceptors (Lipinski definition) is 5. The van der Waals surface area contributed by atoms with Gasteiger partial charge in [0, 0.05) is 19.6 Å². The first kappa shape index (κ1) is 14.9. The summed E-state index contributed by atoms with van der Waals surface area (Å²) in [5.41, 5.74) is 1.16. The van der Waals surface area contributed by atoms with Gasteiger partial charge in [0.25, 0.3) is 0 Å². The van der Waals surface area contributed by atoms with Crippen LogP contribution in [0, 0.1) is 5.92 Å². The van der Waals surface area contributed by atoms with Gasteiger partial charge in [0.05, 0.1) is 25.2 Å². The molecule has 0 aliphatic carbocycles. The highest BCUT2D eigenvalue weighted by molar-refractivity contribution is 6.29. The lowest BCUT2D eigenvalue weighted by Crippen LogP contribution is -2.23. The third kappa shape index (κ3) is 3.42. The van der Waals surface area contributed by atoms with Crippen molar-refractivity contribution >= 4 is 23.1 Å². The highest BCUT2D eigenvalue weighted by Gasteiger charge is 2.24. The van der Waals surface area contributed by atoms with E-state index >= 15 is 0 Å². The van der Waals surface area contributed by atoms with E-state index in [0.29, 0.717) is 11.1 Å². The second-order valence-corrected chi connectivity index (χ2v) is 5.77. The van der Waals surface area contributed by atoms with E-state index < -0.39 is 0 Å². The molecule has 116 valence electrons. The van der Waals surface area contributed by atoms with Crippen LogP contribution in [0.5, 0.6) is 5.75 Å². The van der Waals surface area contributed by atoms with Crippen LogP contribution in [0.15, 0.2) is 36.7 Å². The number of aromatic nitrogens is 2.